The molecule has 0 bridgehead atoms. The summed E-state index contributed by atoms with van der Waals surface area (Å²) in [6.45, 7) is 4.01. The summed E-state index contributed by atoms with van der Waals surface area (Å²) >= 11 is 0. The van der Waals surface area contributed by atoms with E-state index in [0.717, 1.165) is 27.8 Å². The maximum absolute atomic E-state index is 9.12. The predicted molar refractivity (Wildman–Crippen MR) is 63.7 cm³/mol. The first-order valence-electron chi connectivity index (χ1n) is 5.14. The lowest BCUT2D eigenvalue weighted by atomic mass is 10.1. The van der Waals surface area contributed by atoms with Crippen LogP contribution in [0.4, 0.5) is 0 Å². The third-order valence-electron chi connectivity index (χ3n) is 3.05. The largest absolute Gasteiger partial charge is 0.497 e. The summed E-state index contributed by atoms with van der Waals surface area (Å²) in [7, 11) is 3.58. The number of aromatic nitrogens is 1. The van der Waals surface area contributed by atoms with Crippen molar-refractivity contribution in [3.05, 3.63) is 29.0 Å². The number of hydrogen-bond acceptors (Lipinski definition) is 2. The highest BCUT2D eigenvalue weighted by atomic mass is 16.5. The molecule has 0 aliphatic rings. The molecule has 82 valence electrons. The Bertz CT molecular complexity index is 603. The van der Waals surface area contributed by atoms with E-state index < -0.39 is 0 Å². The van der Waals surface area contributed by atoms with Crippen molar-refractivity contribution in [3.63, 3.8) is 0 Å². The number of benzene rings is 1. The van der Waals surface area contributed by atoms with E-state index in [1.165, 1.54) is 0 Å². The number of aryl methyl sites for hydroxylation is 3. The number of nitrogens with zero attached hydrogens (tertiary/aromatic N) is 2. The van der Waals surface area contributed by atoms with Crippen LogP contribution in [0.25, 0.3) is 10.9 Å². The van der Waals surface area contributed by atoms with Crippen LogP contribution in [0.2, 0.25) is 0 Å². The van der Waals surface area contributed by atoms with Gasteiger partial charge in [-0.3, -0.25) is 0 Å². The van der Waals surface area contributed by atoms with Gasteiger partial charge in [0.05, 0.1) is 12.6 Å². The van der Waals surface area contributed by atoms with Crippen molar-refractivity contribution in [1.29, 1.82) is 5.26 Å². The van der Waals surface area contributed by atoms with Crippen LogP contribution in [-0.4, -0.2) is 11.7 Å². The van der Waals surface area contributed by atoms with E-state index in [9.17, 15) is 0 Å². The van der Waals surface area contributed by atoms with Crippen LogP contribution in [0.3, 0.4) is 0 Å². The Morgan fingerprint density at radius 2 is 2.00 bits per heavy atom. The number of fused-ring (bicyclic) bond motifs is 1. The van der Waals surface area contributed by atoms with E-state index in [1.807, 2.05) is 37.6 Å². The number of ether oxygens (including phenoxy) is 1. The molecular formula is C13H14N2O. The number of hydrogen-bond donors (Lipinski definition) is 0. The van der Waals surface area contributed by atoms with Gasteiger partial charge in [0, 0.05) is 12.4 Å². The first-order chi connectivity index (χ1) is 7.60. The first kappa shape index (κ1) is 10.6. The van der Waals surface area contributed by atoms with Gasteiger partial charge >= 0.3 is 0 Å². The quantitative estimate of drug-likeness (QED) is 0.732. The fourth-order valence-corrected chi connectivity index (χ4v) is 2.25. The molecule has 1 aromatic heterocycles. The number of rotatable bonds is 1. The minimum Gasteiger partial charge on any atom is -0.497 e. The van der Waals surface area contributed by atoms with Crippen LogP contribution >= 0.6 is 0 Å². The molecule has 3 heteroatoms. The minimum atomic E-state index is 0.714. The van der Waals surface area contributed by atoms with Gasteiger partial charge in [0.25, 0.3) is 0 Å². The second-order valence-electron chi connectivity index (χ2n) is 3.98. The minimum absolute atomic E-state index is 0.714. The second-order valence-corrected chi connectivity index (χ2v) is 3.98. The number of methoxy groups -OCH3 is 1. The SMILES string of the molecule is COc1cc(C)c2c(c1)c(C)c(C#N)n2C. The molecule has 1 heterocycles. The van der Waals surface area contributed by atoms with Crippen LogP contribution in [0.5, 0.6) is 5.75 Å². The Hall–Kier alpha value is -1.95. The molecule has 0 N–H and O–H groups in total. The van der Waals surface area contributed by atoms with Gasteiger partial charge in [-0.15, -0.1) is 0 Å². The summed E-state index contributed by atoms with van der Waals surface area (Å²) in [6, 6.07) is 6.21. The van der Waals surface area contributed by atoms with Crippen molar-refractivity contribution in [2.75, 3.05) is 7.11 Å². The molecule has 0 aliphatic heterocycles. The number of nitriles is 1. The van der Waals surface area contributed by atoms with Gasteiger partial charge in [0.2, 0.25) is 0 Å². The standard InChI is InChI=1S/C13H14N2O/c1-8-5-10(16-4)6-11-9(2)12(7-14)15(3)13(8)11/h5-6H,1-4H3. The van der Waals surface area contributed by atoms with E-state index in [4.69, 9.17) is 10.00 Å². The molecule has 0 radical (unpaired) electrons. The Morgan fingerprint density at radius 1 is 1.31 bits per heavy atom. The van der Waals surface area contributed by atoms with Gasteiger partial charge in [-0.25, -0.2) is 0 Å². The summed E-state index contributed by atoms with van der Waals surface area (Å²) < 4.78 is 7.19. The van der Waals surface area contributed by atoms with Gasteiger partial charge in [-0.1, -0.05) is 0 Å². The first-order valence-corrected chi connectivity index (χ1v) is 5.14. The molecule has 0 aliphatic carbocycles. The molecule has 0 spiro atoms. The van der Waals surface area contributed by atoms with Crippen LogP contribution < -0.4 is 4.74 Å². The predicted octanol–water partition coefficient (Wildman–Crippen LogP) is 2.68. The third-order valence-corrected chi connectivity index (χ3v) is 3.05. The Balaban J connectivity index is 2.94. The summed E-state index contributed by atoms with van der Waals surface area (Å²) in [4.78, 5) is 0. The topological polar surface area (TPSA) is 37.9 Å². The van der Waals surface area contributed by atoms with Crippen molar-refractivity contribution >= 4 is 10.9 Å². The molecular weight excluding hydrogens is 200 g/mol. The lowest BCUT2D eigenvalue weighted by Gasteiger charge is -2.05. The van der Waals surface area contributed by atoms with Gasteiger partial charge in [-0.05, 0) is 37.1 Å². The Morgan fingerprint density at radius 3 is 2.56 bits per heavy atom. The maximum atomic E-state index is 9.12. The molecule has 2 aromatic rings. The molecule has 2 rings (SSSR count). The fourth-order valence-electron chi connectivity index (χ4n) is 2.25. The van der Waals surface area contributed by atoms with Gasteiger partial charge < -0.3 is 9.30 Å². The van der Waals surface area contributed by atoms with Crippen molar-refractivity contribution in [2.45, 2.75) is 13.8 Å². The van der Waals surface area contributed by atoms with Crippen LogP contribution in [0.1, 0.15) is 16.8 Å². The summed E-state index contributed by atoms with van der Waals surface area (Å²) in [5, 5.41) is 10.2. The highest BCUT2D eigenvalue weighted by molar-refractivity contribution is 5.90. The highest BCUT2D eigenvalue weighted by Crippen LogP contribution is 2.30. The lowest BCUT2D eigenvalue weighted by molar-refractivity contribution is 0.415. The summed E-state index contributed by atoms with van der Waals surface area (Å²) in [6.07, 6.45) is 0. The zero-order chi connectivity index (χ0) is 11.9. The van der Waals surface area contributed by atoms with Gasteiger partial charge in [0.1, 0.15) is 17.5 Å². The Kier molecular flexibility index (Phi) is 2.35. The van der Waals surface area contributed by atoms with Crippen molar-refractivity contribution in [2.24, 2.45) is 7.05 Å². The van der Waals surface area contributed by atoms with Gasteiger partial charge in [0.15, 0.2) is 0 Å². The lowest BCUT2D eigenvalue weighted by Crippen LogP contribution is -1.93. The van der Waals surface area contributed by atoms with Gasteiger partial charge in [-0.2, -0.15) is 5.26 Å². The van der Waals surface area contributed by atoms with Crippen molar-refractivity contribution < 1.29 is 4.74 Å². The molecule has 0 saturated carbocycles. The molecule has 0 unspecified atom stereocenters. The second kappa shape index (κ2) is 3.57. The van der Waals surface area contributed by atoms with Crippen LogP contribution in [0, 0.1) is 25.2 Å². The van der Waals surface area contributed by atoms with E-state index in [2.05, 4.69) is 6.07 Å². The smallest absolute Gasteiger partial charge is 0.124 e. The average Bonchev–Trinajstić information content (AvgIpc) is 2.51. The molecule has 0 saturated heterocycles. The molecule has 3 nitrogen and oxygen atoms in total. The van der Waals surface area contributed by atoms with E-state index >= 15 is 0 Å². The molecule has 0 atom stereocenters. The van der Waals surface area contributed by atoms with Crippen LogP contribution in [0.15, 0.2) is 12.1 Å². The Labute approximate surface area is 94.9 Å². The normalized spacial score (nSPS) is 10.4. The van der Waals surface area contributed by atoms with Crippen molar-refractivity contribution in [3.8, 4) is 11.8 Å². The van der Waals surface area contributed by atoms with Crippen molar-refractivity contribution in [1.82, 2.24) is 4.57 Å². The van der Waals surface area contributed by atoms with E-state index in [1.54, 1.807) is 7.11 Å². The average molecular weight is 214 g/mol. The van der Waals surface area contributed by atoms with E-state index in [0.29, 0.717) is 5.69 Å². The molecule has 0 amide bonds. The molecule has 16 heavy (non-hydrogen) atoms. The monoisotopic (exact) mass is 214 g/mol. The zero-order valence-electron chi connectivity index (χ0n) is 9.96. The zero-order valence-corrected chi connectivity index (χ0v) is 9.96. The summed E-state index contributed by atoms with van der Waals surface area (Å²) in [5.74, 6) is 0.836. The fraction of sp³-hybridized carbons (Fsp3) is 0.308. The van der Waals surface area contributed by atoms with Crippen LogP contribution in [-0.2, 0) is 7.05 Å². The molecule has 0 fully saturated rings. The maximum Gasteiger partial charge on any atom is 0.124 e. The third kappa shape index (κ3) is 1.27. The highest BCUT2D eigenvalue weighted by Gasteiger charge is 2.14. The molecule has 1 aromatic carbocycles. The summed E-state index contributed by atoms with van der Waals surface area (Å²) in [5.41, 5.74) is 3.96. The van der Waals surface area contributed by atoms with E-state index in [-0.39, 0.29) is 0 Å².